The van der Waals surface area contributed by atoms with Crippen LogP contribution in [0.1, 0.15) is 56.1 Å². The molecule has 2 N–H and O–H groups in total. The number of piperidine rings is 1. The second-order valence-corrected chi connectivity index (χ2v) is 10.7. The van der Waals surface area contributed by atoms with Crippen LogP contribution in [0.4, 0.5) is 4.79 Å². The second-order valence-electron chi connectivity index (χ2n) is 8.78. The van der Waals surface area contributed by atoms with E-state index in [0.717, 1.165) is 49.0 Å². The van der Waals surface area contributed by atoms with E-state index < -0.39 is 10.0 Å². The van der Waals surface area contributed by atoms with Gasteiger partial charge in [-0.1, -0.05) is 36.8 Å². The Labute approximate surface area is 196 Å². The smallest absolute Gasteiger partial charge is 0.315 e. The average Bonchev–Trinajstić information content (AvgIpc) is 3.36. The molecule has 0 spiro atoms. The molecule has 8 heteroatoms. The van der Waals surface area contributed by atoms with E-state index in [1.54, 1.807) is 28.6 Å². The Balaban J connectivity index is 1.26. The first-order chi connectivity index (χ1) is 16.0. The molecule has 1 heterocycles. The molecular weight excluding hydrogens is 438 g/mol. The van der Waals surface area contributed by atoms with Crippen molar-refractivity contribution in [2.75, 3.05) is 13.1 Å². The van der Waals surface area contributed by atoms with Crippen molar-refractivity contribution in [2.45, 2.75) is 69.0 Å². The Morgan fingerprint density at radius 2 is 1.55 bits per heavy atom. The van der Waals surface area contributed by atoms with E-state index in [1.807, 2.05) is 24.3 Å². The van der Waals surface area contributed by atoms with Crippen LogP contribution in [-0.2, 0) is 23.1 Å². The number of para-hydroxylation sites is 1. The van der Waals surface area contributed by atoms with Gasteiger partial charge in [-0.25, -0.2) is 13.2 Å². The summed E-state index contributed by atoms with van der Waals surface area (Å²) in [6.07, 6.45) is 7.75. The van der Waals surface area contributed by atoms with Crippen LogP contribution in [0.2, 0.25) is 0 Å². The Morgan fingerprint density at radius 3 is 2.27 bits per heavy atom. The first kappa shape index (κ1) is 23.6. The number of ether oxygens (including phenoxy) is 1. The lowest BCUT2D eigenvalue weighted by molar-refractivity contribution is 0.207. The molecular formula is C25H33N3O4S. The molecule has 0 atom stereocenters. The highest BCUT2D eigenvalue weighted by Crippen LogP contribution is 2.26. The van der Waals surface area contributed by atoms with E-state index in [1.165, 1.54) is 12.8 Å². The number of benzene rings is 2. The number of hydrogen-bond acceptors (Lipinski definition) is 4. The van der Waals surface area contributed by atoms with Gasteiger partial charge in [0.15, 0.2) is 0 Å². The molecule has 1 aliphatic carbocycles. The molecule has 178 valence electrons. The van der Waals surface area contributed by atoms with Gasteiger partial charge in [0.05, 0.1) is 11.0 Å². The van der Waals surface area contributed by atoms with Gasteiger partial charge in [0.25, 0.3) is 0 Å². The maximum Gasteiger partial charge on any atom is 0.315 e. The minimum atomic E-state index is -3.44. The fourth-order valence-corrected chi connectivity index (χ4v) is 5.92. The summed E-state index contributed by atoms with van der Waals surface area (Å²) in [6, 6.07) is 14.3. The lowest BCUT2D eigenvalue weighted by Gasteiger charge is -2.25. The van der Waals surface area contributed by atoms with Crippen LogP contribution in [0.25, 0.3) is 0 Å². The van der Waals surface area contributed by atoms with Gasteiger partial charge in [-0.2, -0.15) is 4.31 Å². The number of nitrogens with one attached hydrogen (secondary N) is 2. The minimum absolute atomic E-state index is 0.265. The molecule has 1 saturated carbocycles. The van der Waals surface area contributed by atoms with Gasteiger partial charge >= 0.3 is 6.03 Å². The summed E-state index contributed by atoms with van der Waals surface area (Å²) in [6.45, 7) is 1.86. The highest BCUT2D eigenvalue weighted by atomic mass is 32.2. The lowest BCUT2D eigenvalue weighted by Crippen LogP contribution is -2.35. The number of carbonyl (C=O) groups is 1. The maximum absolute atomic E-state index is 12.8. The Morgan fingerprint density at radius 1 is 0.879 bits per heavy atom. The molecule has 4 rings (SSSR count). The standard InChI is InChI=1S/C25H33N3O4S/c29-25(27-19-21-8-2-5-11-24(21)32-22-9-3-4-10-22)26-18-20-12-14-23(15-13-20)33(30,31)28-16-6-1-7-17-28/h2,5,8,11-15,22H,1,3-4,6-7,9-10,16-19H2,(H2,26,27,29). The normalized spacial score (nSPS) is 17.6. The molecule has 33 heavy (non-hydrogen) atoms. The Hall–Kier alpha value is -2.58. The third-order valence-corrected chi connectivity index (χ3v) is 8.25. The molecule has 2 amide bonds. The van der Waals surface area contributed by atoms with Gasteiger partial charge in [0.2, 0.25) is 10.0 Å². The average molecular weight is 472 g/mol. The molecule has 1 aliphatic heterocycles. The molecule has 0 aromatic heterocycles. The summed E-state index contributed by atoms with van der Waals surface area (Å²) < 4.78 is 33.2. The topological polar surface area (TPSA) is 87.7 Å². The van der Waals surface area contributed by atoms with Gasteiger partial charge in [-0.05, 0) is 62.3 Å². The summed E-state index contributed by atoms with van der Waals surface area (Å²) in [5.41, 5.74) is 1.79. The quantitative estimate of drug-likeness (QED) is 0.605. The van der Waals surface area contributed by atoms with Crippen molar-refractivity contribution in [3.8, 4) is 5.75 Å². The number of hydrogen-bond donors (Lipinski definition) is 2. The summed E-state index contributed by atoms with van der Waals surface area (Å²) in [4.78, 5) is 12.6. The van der Waals surface area contributed by atoms with Gasteiger partial charge < -0.3 is 15.4 Å². The lowest BCUT2D eigenvalue weighted by atomic mass is 10.2. The monoisotopic (exact) mass is 471 g/mol. The molecule has 2 fully saturated rings. The van der Waals surface area contributed by atoms with Crippen molar-refractivity contribution >= 4 is 16.1 Å². The van der Waals surface area contributed by atoms with Crippen molar-refractivity contribution in [1.82, 2.24) is 14.9 Å². The maximum atomic E-state index is 12.8. The van der Waals surface area contributed by atoms with Gasteiger partial charge in [-0.3, -0.25) is 0 Å². The fraction of sp³-hybridized carbons (Fsp3) is 0.480. The van der Waals surface area contributed by atoms with Crippen molar-refractivity contribution in [3.05, 3.63) is 59.7 Å². The van der Waals surface area contributed by atoms with Crippen LogP contribution >= 0.6 is 0 Å². The number of sulfonamides is 1. The molecule has 0 radical (unpaired) electrons. The number of carbonyl (C=O) groups excluding carboxylic acids is 1. The summed E-state index contributed by atoms with van der Waals surface area (Å²) in [5.74, 6) is 0.829. The molecule has 0 unspecified atom stereocenters. The second kappa shape index (κ2) is 11.0. The molecule has 2 aromatic rings. The Kier molecular flexibility index (Phi) is 7.88. The van der Waals surface area contributed by atoms with Crippen LogP contribution in [0.3, 0.4) is 0 Å². The summed E-state index contributed by atoms with van der Waals surface area (Å²) in [7, 11) is -3.44. The highest BCUT2D eigenvalue weighted by molar-refractivity contribution is 7.89. The third kappa shape index (κ3) is 6.26. The molecule has 0 bridgehead atoms. The number of nitrogens with zero attached hydrogens (tertiary/aromatic N) is 1. The minimum Gasteiger partial charge on any atom is -0.490 e. The van der Waals surface area contributed by atoms with Crippen molar-refractivity contribution in [1.29, 1.82) is 0 Å². The van der Waals surface area contributed by atoms with Crippen molar-refractivity contribution in [2.24, 2.45) is 0 Å². The largest absolute Gasteiger partial charge is 0.490 e. The summed E-state index contributed by atoms with van der Waals surface area (Å²) >= 11 is 0. The van der Waals surface area contributed by atoms with E-state index in [2.05, 4.69) is 10.6 Å². The van der Waals surface area contributed by atoms with Gasteiger partial charge in [-0.15, -0.1) is 0 Å². The van der Waals surface area contributed by atoms with Crippen LogP contribution in [0.15, 0.2) is 53.4 Å². The molecule has 7 nitrogen and oxygen atoms in total. The van der Waals surface area contributed by atoms with E-state index in [9.17, 15) is 13.2 Å². The Bertz CT molecular complexity index is 1030. The van der Waals surface area contributed by atoms with E-state index in [4.69, 9.17) is 4.74 Å². The zero-order valence-corrected chi connectivity index (χ0v) is 19.8. The van der Waals surface area contributed by atoms with E-state index in [0.29, 0.717) is 31.1 Å². The zero-order chi connectivity index (χ0) is 23.1. The van der Waals surface area contributed by atoms with Gasteiger partial charge in [0, 0.05) is 31.7 Å². The van der Waals surface area contributed by atoms with E-state index in [-0.39, 0.29) is 12.1 Å². The highest BCUT2D eigenvalue weighted by Gasteiger charge is 2.25. The fourth-order valence-electron chi connectivity index (χ4n) is 4.40. The predicted octanol–water partition coefficient (Wildman–Crippen LogP) is 4.18. The first-order valence-corrected chi connectivity index (χ1v) is 13.3. The number of amides is 2. The van der Waals surface area contributed by atoms with Crippen molar-refractivity contribution < 1.29 is 17.9 Å². The van der Waals surface area contributed by atoms with Crippen LogP contribution < -0.4 is 15.4 Å². The molecule has 2 aromatic carbocycles. The number of urea groups is 1. The van der Waals surface area contributed by atoms with Crippen LogP contribution in [-0.4, -0.2) is 37.9 Å². The SMILES string of the molecule is O=C(NCc1ccc(S(=O)(=O)N2CCCCC2)cc1)NCc1ccccc1OC1CCCC1. The summed E-state index contributed by atoms with van der Waals surface area (Å²) in [5, 5.41) is 5.71. The zero-order valence-electron chi connectivity index (χ0n) is 19.0. The van der Waals surface area contributed by atoms with Crippen LogP contribution in [0, 0.1) is 0 Å². The van der Waals surface area contributed by atoms with Crippen molar-refractivity contribution in [3.63, 3.8) is 0 Å². The predicted molar refractivity (Wildman–Crippen MR) is 127 cm³/mol. The van der Waals surface area contributed by atoms with E-state index >= 15 is 0 Å². The van der Waals surface area contributed by atoms with Gasteiger partial charge in [0.1, 0.15) is 5.75 Å². The number of rotatable bonds is 8. The van der Waals surface area contributed by atoms with Crippen LogP contribution in [0.5, 0.6) is 5.75 Å². The molecule has 2 aliphatic rings. The molecule has 1 saturated heterocycles. The first-order valence-electron chi connectivity index (χ1n) is 11.9. The third-order valence-electron chi connectivity index (χ3n) is 6.34.